The van der Waals surface area contributed by atoms with Crippen molar-refractivity contribution in [1.29, 1.82) is 0 Å². The Morgan fingerprint density at radius 1 is 1.45 bits per heavy atom. The number of nitrogens with two attached hydrogens (primary N) is 1. The van der Waals surface area contributed by atoms with Crippen molar-refractivity contribution in [3.63, 3.8) is 0 Å². The Morgan fingerprint density at radius 3 is 2.90 bits per heavy atom. The summed E-state index contributed by atoms with van der Waals surface area (Å²) >= 11 is 6.06. The highest BCUT2D eigenvalue weighted by Crippen LogP contribution is 2.22. The van der Waals surface area contributed by atoms with Crippen molar-refractivity contribution >= 4 is 29.1 Å². The summed E-state index contributed by atoms with van der Waals surface area (Å²) in [5, 5.41) is 3.25. The number of amides is 2. The number of nitrogen functional groups attached to an aromatic ring is 1. The molecule has 1 saturated heterocycles. The van der Waals surface area contributed by atoms with Gasteiger partial charge >= 0.3 is 0 Å². The van der Waals surface area contributed by atoms with Crippen LogP contribution in [-0.4, -0.2) is 35.8 Å². The first-order chi connectivity index (χ1) is 9.47. The van der Waals surface area contributed by atoms with E-state index in [1.807, 2.05) is 0 Å². The number of carbonyl (C=O) groups excluding carboxylic acids is 2. The lowest BCUT2D eigenvalue weighted by Gasteiger charge is -2.33. The van der Waals surface area contributed by atoms with Crippen LogP contribution < -0.4 is 11.1 Å². The van der Waals surface area contributed by atoms with Crippen molar-refractivity contribution in [3.05, 3.63) is 28.8 Å². The van der Waals surface area contributed by atoms with Crippen LogP contribution in [0.2, 0.25) is 5.02 Å². The van der Waals surface area contributed by atoms with E-state index in [2.05, 4.69) is 5.32 Å². The number of halogens is 1. The predicted molar refractivity (Wildman–Crippen MR) is 78.6 cm³/mol. The van der Waals surface area contributed by atoms with Crippen LogP contribution >= 0.6 is 11.6 Å². The second kappa shape index (κ2) is 6.13. The quantitative estimate of drug-likeness (QED) is 0.815. The standard InChI is InChI=1S/C14H18ClN3O2/c1-9(19)17-11-3-2-6-18(8-11)14(20)12-7-10(16)4-5-13(12)15/h4-5,7,11H,2-3,6,8,16H2,1H3,(H,17,19). The van der Waals surface area contributed by atoms with Gasteiger partial charge in [0.2, 0.25) is 5.91 Å². The Morgan fingerprint density at radius 2 is 2.20 bits per heavy atom. The van der Waals surface area contributed by atoms with Gasteiger partial charge in [0.1, 0.15) is 0 Å². The second-order valence-corrected chi connectivity index (χ2v) is 5.44. The Bertz CT molecular complexity index is 533. The van der Waals surface area contributed by atoms with Gasteiger partial charge < -0.3 is 16.0 Å². The summed E-state index contributed by atoms with van der Waals surface area (Å²) in [6.07, 6.45) is 1.74. The summed E-state index contributed by atoms with van der Waals surface area (Å²) in [6, 6.07) is 4.88. The SMILES string of the molecule is CC(=O)NC1CCCN(C(=O)c2cc(N)ccc2Cl)C1. The lowest BCUT2D eigenvalue weighted by Crippen LogP contribution is -2.49. The highest BCUT2D eigenvalue weighted by atomic mass is 35.5. The lowest BCUT2D eigenvalue weighted by atomic mass is 10.0. The minimum absolute atomic E-state index is 0.00466. The zero-order valence-corrected chi connectivity index (χ0v) is 12.1. The fourth-order valence-electron chi connectivity index (χ4n) is 2.44. The molecule has 2 amide bonds. The molecule has 0 spiro atoms. The maximum atomic E-state index is 12.5. The molecule has 2 rings (SSSR count). The molecular formula is C14H18ClN3O2. The summed E-state index contributed by atoms with van der Waals surface area (Å²) in [4.78, 5) is 25.3. The van der Waals surface area contributed by atoms with Crippen LogP contribution in [0, 0.1) is 0 Å². The monoisotopic (exact) mass is 295 g/mol. The molecular weight excluding hydrogens is 278 g/mol. The Hall–Kier alpha value is -1.75. The fraction of sp³-hybridized carbons (Fsp3) is 0.429. The minimum Gasteiger partial charge on any atom is -0.399 e. The molecule has 1 aromatic carbocycles. The molecule has 3 N–H and O–H groups in total. The van der Waals surface area contributed by atoms with Gasteiger partial charge in [0.05, 0.1) is 10.6 Å². The number of hydrogen-bond acceptors (Lipinski definition) is 3. The first-order valence-electron chi connectivity index (χ1n) is 6.59. The molecule has 0 bridgehead atoms. The molecule has 5 nitrogen and oxygen atoms in total. The maximum absolute atomic E-state index is 12.5. The third-order valence-corrected chi connectivity index (χ3v) is 3.67. The summed E-state index contributed by atoms with van der Waals surface area (Å²) in [7, 11) is 0. The first-order valence-corrected chi connectivity index (χ1v) is 6.96. The van der Waals surface area contributed by atoms with Gasteiger partial charge in [-0.25, -0.2) is 0 Å². The molecule has 108 valence electrons. The zero-order valence-electron chi connectivity index (χ0n) is 11.4. The van der Waals surface area contributed by atoms with E-state index in [0.29, 0.717) is 29.4 Å². The minimum atomic E-state index is -0.141. The number of carbonyl (C=O) groups is 2. The number of piperidine rings is 1. The van der Waals surface area contributed by atoms with Gasteiger partial charge in [0.25, 0.3) is 5.91 Å². The van der Waals surface area contributed by atoms with Gasteiger partial charge in [-0.3, -0.25) is 9.59 Å². The van der Waals surface area contributed by atoms with Crippen molar-refractivity contribution in [3.8, 4) is 0 Å². The molecule has 0 aliphatic carbocycles. The molecule has 1 heterocycles. The average Bonchev–Trinajstić information content (AvgIpc) is 2.40. The van der Waals surface area contributed by atoms with Gasteiger partial charge in [-0.15, -0.1) is 0 Å². The summed E-state index contributed by atoms with van der Waals surface area (Å²) in [5.74, 6) is -0.219. The van der Waals surface area contributed by atoms with Crippen LogP contribution in [0.15, 0.2) is 18.2 Å². The second-order valence-electron chi connectivity index (χ2n) is 5.03. The summed E-state index contributed by atoms with van der Waals surface area (Å²) < 4.78 is 0. The van der Waals surface area contributed by atoms with Crippen molar-refractivity contribution < 1.29 is 9.59 Å². The number of benzene rings is 1. The van der Waals surface area contributed by atoms with E-state index >= 15 is 0 Å². The van der Waals surface area contributed by atoms with Gasteiger partial charge in [-0.1, -0.05) is 11.6 Å². The van der Waals surface area contributed by atoms with Crippen molar-refractivity contribution in [1.82, 2.24) is 10.2 Å². The molecule has 20 heavy (non-hydrogen) atoms. The third-order valence-electron chi connectivity index (χ3n) is 3.34. The Balaban J connectivity index is 2.12. The highest BCUT2D eigenvalue weighted by molar-refractivity contribution is 6.34. The van der Waals surface area contributed by atoms with E-state index in [1.165, 1.54) is 6.92 Å². The van der Waals surface area contributed by atoms with Crippen LogP contribution in [0.4, 0.5) is 5.69 Å². The number of likely N-dealkylation sites (tertiary alicyclic amines) is 1. The number of rotatable bonds is 2. The molecule has 6 heteroatoms. The van der Waals surface area contributed by atoms with Crippen LogP contribution in [0.25, 0.3) is 0 Å². The van der Waals surface area contributed by atoms with Gasteiger partial charge in [-0.05, 0) is 31.0 Å². The third kappa shape index (κ3) is 3.42. The van der Waals surface area contributed by atoms with Gasteiger partial charge in [-0.2, -0.15) is 0 Å². The molecule has 0 radical (unpaired) electrons. The fourth-order valence-corrected chi connectivity index (χ4v) is 2.64. The molecule has 1 aliphatic heterocycles. The van der Waals surface area contributed by atoms with Gasteiger partial charge in [0, 0.05) is 31.7 Å². The topological polar surface area (TPSA) is 75.4 Å². The van der Waals surface area contributed by atoms with Crippen LogP contribution in [-0.2, 0) is 4.79 Å². The average molecular weight is 296 g/mol. The van der Waals surface area contributed by atoms with Crippen LogP contribution in [0.1, 0.15) is 30.1 Å². The molecule has 0 saturated carbocycles. The predicted octanol–water partition coefficient (Wildman–Crippen LogP) is 1.66. The molecule has 1 fully saturated rings. The van der Waals surface area contributed by atoms with Gasteiger partial charge in [0.15, 0.2) is 0 Å². The van der Waals surface area contributed by atoms with Crippen molar-refractivity contribution in [2.24, 2.45) is 0 Å². The van der Waals surface area contributed by atoms with Crippen molar-refractivity contribution in [2.75, 3.05) is 18.8 Å². The number of nitrogens with one attached hydrogen (secondary N) is 1. The zero-order chi connectivity index (χ0) is 14.7. The van der Waals surface area contributed by atoms with E-state index < -0.39 is 0 Å². The smallest absolute Gasteiger partial charge is 0.255 e. The van der Waals surface area contributed by atoms with E-state index in [0.717, 1.165) is 12.8 Å². The molecule has 1 aliphatic rings. The van der Waals surface area contributed by atoms with Crippen LogP contribution in [0.3, 0.4) is 0 Å². The molecule has 1 unspecified atom stereocenters. The lowest BCUT2D eigenvalue weighted by molar-refractivity contribution is -0.120. The molecule has 0 aromatic heterocycles. The van der Waals surface area contributed by atoms with E-state index in [9.17, 15) is 9.59 Å². The number of hydrogen-bond donors (Lipinski definition) is 2. The summed E-state index contributed by atoms with van der Waals surface area (Å²) in [6.45, 7) is 2.65. The van der Waals surface area contributed by atoms with E-state index in [4.69, 9.17) is 17.3 Å². The molecule has 1 atom stereocenters. The normalized spacial score (nSPS) is 18.7. The first kappa shape index (κ1) is 14.7. The number of anilines is 1. The Kier molecular flexibility index (Phi) is 4.49. The largest absolute Gasteiger partial charge is 0.399 e. The Labute approximate surface area is 123 Å². The van der Waals surface area contributed by atoms with E-state index in [-0.39, 0.29) is 17.9 Å². The van der Waals surface area contributed by atoms with E-state index in [1.54, 1.807) is 23.1 Å². The highest BCUT2D eigenvalue weighted by Gasteiger charge is 2.26. The van der Waals surface area contributed by atoms with Crippen molar-refractivity contribution in [2.45, 2.75) is 25.8 Å². The number of nitrogens with zero attached hydrogens (tertiary/aromatic N) is 1. The van der Waals surface area contributed by atoms with Crippen LogP contribution in [0.5, 0.6) is 0 Å². The summed E-state index contributed by atoms with van der Waals surface area (Å²) in [5.41, 5.74) is 6.62. The maximum Gasteiger partial charge on any atom is 0.255 e. The molecule has 1 aromatic rings.